The van der Waals surface area contributed by atoms with Crippen LogP contribution in [0.15, 0.2) is 48.7 Å². The lowest BCUT2D eigenvalue weighted by atomic mass is 10.1. The molecule has 0 saturated carbocycles. The first-order valence-corrected chi connectivity index (χ1v) is 9.81. The summed E-state index contributed by atoms with van der Waals surface area (Å²) in [5.74, 6) is 1.42. The number of rotatable bonds is 4. The van der Waals surface area contributed by atoms with Crippen LogP contribution in [0.4, 0.5) is 5.82 Å². The lowest BCUT2D eigenvalue weighted by molar-refractivity contribution is 0.0844. The molecule has 1 aliphatic heterocycles. The molecule has 0 bridgehead atoms. The first-order valence-electron chi connectivity index (χ1n) is 9.06. The second-order valence-corrected chi connectivity index (χ2v) is 7.76. The van der Waals surface area contributed by atoms with Crippen molar-refractivity contribution in [1.82, 2.24) is 9.88 Å². The highest BCUT2D eigenvalue weighted by Gasteiger charge is 2.21. The Kier molecular flexibility index (Phi) is 5.39. The van der Waals surface area contributed by atoms with Gasteiger partial charge in [0.25, 0.3) is 0 Å². The van der Waals surface area contributed by atoms with Crippen molar-refractivity contribution in [3.05, 3.63) is 64.3 Å². The largest absolute Gasteiger partial charge is 0.489 e. The number of anilines is 1. The molecule has 1 atom stereocenters. The van der Waals surface area contributed by atoms with Crippen molar-refractivity contribution in [3.63, 3.8) is 0 Å². The van der Waals surface area contributed by atoms with Gasteiger partial charge in [-0.15, -0.1) is 0 Å². The molecule has 2 heterocycles. The van der Waals surface area contributed by atoms with Gasteiger partial charge in [0, 0.05) is 24.7 Å². The van der Waals surface area contributed by atoms with Gasteiger partial charge in [-0.2, -0.15) is 0 Å². The molecule has 140 valence electrons. The fraction of sp³-hybridized carbons (Fsp3) is 0.286. The van der Waals surface area contributed by atoms with Crippen molar-refractivity contribution in [3.8, 4) is 5.75 Å². The van der Waals surface area contributed by atoms with E-state index in [0.717, 1.165) is 49.0 Å². The summed E-state index contributed by atoms with van der Waals surface area (Å²) in [4.78, 5) is 6.53. The average molecular weight is 402 g/mol. The number of benzene rings is 2. The second kappa shape index (κ2) is 7.93. The summed E-state index contributed by atoms with van der Waals surface area (Å²) < 4.78 is 6.26. The molecule has 2 N–H and O–H groups in total. The Morgan fingerprint density at radius 1 is 1.11 bits per heavy atom. The molecule has 1 saturated heterocycles. The Morgan fingerprint density at radius 2 is 2.00 bits per heavy atom. The Labute approximate surface area is 168 Å². The number of aromatic nitrogens is 1. The number of fused-ring (bicyclic) bond motifs is 1. The van der Waals surface area contributed by atoms with Gasteiger partial charge in [0.1, 0.15) is 17.7 Å². The first-order chi connectivity index (χ1) is 13.1. The van der Waals surface area contributed by atoms with Gasteiger partial charge in [-0.05, 0) is 66.7 Å². The quantitative estimate of drug-likeness (QED) is 0.655. The van der Waals surface area contributed by atoms with Crippen LogP contribution in [0.3, 0.4) is 0 Å². The minimum absolute atomic E-state index is 0.165. The smallest absolute Gasteiger partial charge is 0.131 e. The fourth-order valence-electron chi connectivity index (χ4n) is 3.59. The SMILES string of the molecule is Nc1nccc2cc(O[C@H]3CCCN(Cc4ccc(Cl)c(Cl)c4)C3)ccc12. The van der Waals surface area contributed by atoms with E-state index in [4.69, 9.17) is 33.7 Å². The standard InChI is InChI=1S/C21H21Cl2N3O/c22-19-6-3-14(10-20(19)23)12-26-9-1-2-17(13-26)27-16-4-5-18-15(11-16)7-8-25-21(18)24/h3-8,10-11,17H,1-2,9,12-13H2,(H2,24,25)/t17-/m0/s1. The van der Waals surface area contributed by atoms with Gasteiger partial charge in [0.15, 0.2) is 0 Å². The van der Waals surface area contributed by atoms with Crippen molar-refractivity contribution >= 4 is 39.8 Å². The average Bonchev–Trinajstić information content (AvgIpc) is 2.65. The van der Waals surface area contributed by atoms with Crippen molar-refractivity contribution < 1.29 is 4.74 Å². The molecule has 4 rings (SSSR count). The van der Waals surface area contributed by atoms with Gasteiger partial charge in [-0.25, -0.2) is 4.98 Å². The van der Waals surface area contributed by atoms with Crippen LogP contribution in [0.1, 0.15) is 18.4 Å². The summed E-state index contributed by atoms with van der Waals surface area (Å²) in [5.41, 5.74) is 7.09. The first kappa shape index (κ1) is 18.4. The molecule has 0 spiro atoms. The van der Waals surface area contributed by atoms with Crippen molar-refractivity contribution in [2.75, 3.05) is 18.8 Å². The Morgan fingerprint density at radius 3 is 2.85 bits per heavy atom. The lowest BCUT2D eigenvalue weighted by Gasteiger charge is -2.33. The zero-order valence-corrected chi connectivity index (χ0v) is 16.4. The second-order valence-electron chi connectivity index (χ2n) is 6.94. The normalized spacial score (nSPS) is 17.9. The maximum absolute atomic E-state index is 6.26. The molecular formula is C21H21Cl2N3O. The Hall–Kier alpha value is -2.01. The molecule has 0 aliphatic carbocycles. The van der Waals surface area contributed by atoms with Crippen LogP contribution in [0.25, 0.3) is 10.8 Å². The molecule has 0 radical (unpaired) electrons. The number of nitrogen functional groups attached to an aromatic ring is 1. The van der Waals surface area contributed by atoms with Crippen LogP contribution < -0.4 is 10.5 Å². The molecule has 6 heteroatoms. The third kappa shape index (κ3) is 4.29. The van der Waals surface area contributed by atoms with Crippen molar-refractivity contribution in [1.29, 1.82) is 0 Å². The number of hydrogen-bond donors (Lipinski definition) is 1. The van der Waals surface area contributed by atoms with Crippen molar-refractivity contribution in [2.45, 2.75) is 25.5 Å². The van der Waals surface area contributed by atoms with E-state index in [2.05, 4.69) is 9.88 Å². The number of hydrogen-bond acceptors (Lipinski definition) is 4. The summed E-state index contributed by atoms with van der Waals surface area (Å²) in [6.45, 7) is 2.79. The molecule has 2 aromatic carbocycles. The summed E-state index contributed by atoms with van der Waals surface area (Å²) in [5, 5.41) is 3.19. The number of piperidine rings is 1. The molecule has 0 amide bonds. The van der Waals surface area contributed by atoms with Crippen LogP contribution >= 0.6 is 23.2 Å². The highest BCUT2D eigenvalue weighted by molar-refractivity contribution is 6.42. The van der Waals surface area contributed by atoms with Crippen LogP contribution in [-0.2, 0) is 6.54 Å². The predicted octanol–water partition coefficient (Wildman–Crippen LogP) is 5.17. The van der Waals surface area contributed by atoms with E-state index in [1.165, 1.54) is 5.56 Å². The number of nitrogens with zero attached hydrogens (tertiary/aromatic N) is 2. The fourth-order valence-corrected chi connectivity index (χ4v) is 3.91. The summed E-state index contributed by atoms with van der Waals surface area (Å²) in [7, 11) is 0. The summed E-state index contributed by atoms with van der Waals surface area (Å²) in [6, 6.07) is 13.8. The van der Waals surface area contributed by atoms with E-state index in [1.807, 2.05) is 42.5 Å². The zero-order valence-electron chi connectivity index (χ0n) is 14.9. The maximum Gasteiger partial charge on any atom is 0.131 e. The van der Waals surface area contributed by atoms with E-state index in [1.54, 1.807) is 6.20 Å². The summed E-state index contributed by atoms with van der Waals surface area (Å²) >= 11 is 12.1. The lowest BCUT2D eigenvalue weighted by Crippen LogP contribution is -2.40. The van der Waals surface area contributed by atoms with Crippen LogP contribution in [-0.4, -0.2) is 29.1 Å². The van der Waals surface area contributed by atoms with Gasteiger partial charge in [0.2, 0.25) is 0 Å². The molecule has 27 heavy (non-hydrogen) atoms. The minimum Gasteiger partial charge on any atom is -0.489 e. The van der Waals surface area contributed by atoms with E-state index >= 15 is 0 Å². The van der Waals surface area contributed by atoms with Gasteiger partial charge in [-0.3, -0.25) is 4.90 Å². The highest BCUT2D eigenvalue weighted by atomic mass is 35.5. The van der Waals surface area contributed by atoms with Gasteiger partial charge < -0.3 is 10.5 Å². The summed E-state index contributed by atoms with van der Waals surface area (Å²) in [6.07, 6.45) is 4.05. The van der Waals surface area contributed by atoms with Gasteiger partial charge in [0.05, 0.1) is 10.0 Å². The number of likely N-dealkylation sites (tertiary alicyclic amines) is 1. The molecule has 1 aliphatic rings. The van der Waals surface area contributed by atoms with Crippen LogP contribution in [0, 0.1) is 0 Å². The number of nitrogens with two attached hydrogens (primary N) is 1. The molecule has 0 unspecified atom stereocenters. The zero-order chi connectivity index (χ0) is 18.8. The van der Waals surface area contributed by atoms with Crippen LogP contribution in [0.2, 0.25) is 10.0 Å². The van der Waals surface area contributed by atoms with E-state index in [-0.39, 0.29) is 6.10 Å². The number of ether oxygens (including phenoxy) is 1. The molecule has 3 aromatic rings. The van der Waals surface area contributed by atoms with Crippen molar-refractivity contribution in [2.24, 2.45) is 0 Å². The number of pyridine rings is 1. The number of halogens is 2. The topological polar surface area (TPSA) is 51.4 Å². The van der Waals surface area contributed by atoms with E-state index in [9.17, 15) is 0 Å². The maximum atomic E-state index is 6.26. The van der Waals surface area contributed by atoms with Gasteiger partial charge in [-0.1, -0.05) is 29.3 Å². The highest BCUT2D eigenvalue weighted by Crippen LogP contribution is 2.27. The molecule has 4 nitrogen and oxygen atoms in total. The van der Waals surface area contributed by atoms with Crippen LogP contribution in [0.5, 0.6) is 5.75 Å². The Bertz CT molecular complexity index is 963. The molecule has 1 aromatic heterocycles. The minimum atomic E-state index is 0.165. The molecular weight excluding hydrogens is 381 g/mol. The third-order valence-corrected chi connectivity index (χ3v) is 5.66. The molecule has 1 fully saturated rings. The third-order valence-electron chi connectivity index (χ3n) is 4.92. The van der Waals surface area contributed by atoms with E-state index in [0.29, 0.717) is 15.9 Å². The predicted molar refractivity (Wildman–Crippen MR) is 112 cm³/mol. The van der Waals surface area contributed by atoms with Gasteiger partial charge >= 0.3 is 0 Å². The van der Waals surface area contributed by atoms with E-state index < -0.39 is 0 Å². The monoisotopic (exact) mass is 401 g/mol. The Balaban J connectivity index is 1.43.